The average molecular weight is 287 g/mol. The lowest BCUT2D eigenvalue weighted by atomic mass is 10.3. The molecule has 0 amide bonds. The van der Waals surface area contributed by atoms with Crippen LogP contribution in [0.2, 0.25) is 0 Å². The second-order valence-corrected chi connectivity index (χ2v) is 6.18. The lowest BCUT2D eigenvalue weighted by molar-refractivity contribution is 0.580. The summed E-state index contributed by atoms with van der Waals surface area (Å²) in [6.45, 7) is 0.0945. The molecule has 0 saturated carbocycles. The second kappa shape index (κ2) is 5.01. The molecule has 1 aromatic carbocycles. The topological polar surface area (TPSA) is 85.1 Å². The maximum absolute atomic E-state index is 12.9. The Balaban J connectivity index is 2.17. The van der Waals surface area contributed by atoms with Crippen molar-refractivity contribution in [1.29, 1.82) is 0 Å². The van der Waals surface area contributed by atoms with Gasteiger partial charge in [0, 0.05) is 11.6 Å². The zero-order valence-corrected chi connectivity index (χ0v) is 10.8. The van der Waals surface area contributed by atoms with E-state index in [1.807, 2.05) is 0 Å². The molecular weight excluding hydrogens is 277 g/mol. The van der Waals surface area contributed by atoms with Gasteiger partial charge in [0.25, 0.3) is 0 Å². The van der Waals surface area contributed by atoms with E-state index in [0.29, 0.717) is 5.01 Å². The predicted octanol–water partition coefficient (Wildman–Crippen LogP) is 1.34. The molecule has 3 N–H and O–H groups in total. The number of nitrogen functional groups attached to an aromatic ring is 1. The number of nitrogens with two attached hydrogens (primary N) is 1. The Labute approximate surface area is 108 Å². The SMILES string of the molecule is Nc1cc(S(=O)(=O)NCc2nccs2)ccc1F. The molecule has 2 aromatic rings. The summed E-state index contributed by atoms with van der Waals surface area (Å²) in [4.78, 5) is 3.88. The molecule has 0 unspecified atom stereocenters. The van der Waals surface area contributed by atoms with Crippen LogP contribution in [0.15, 0.2) is 34.7 Å². The number of rotatable bonds is 4. The summed E-state index contributed by atoms with van der Waals surface area (Å²) in [5.41, 5.74) is 5.13. The number of aromatic nitrogens is 1. The van der Waals surface area contributed by atoms with Crippen LogP contribution < -0.4 is 10.5 Å². The Bertz CT molecular complexity index is 641. The predicted molar refractivity (Wildman–Crippen MR) is 67.0 cm³/mol. The summed E-state index contributed by atoms with van der Waals surface area (Å²) in [6.07, 6.45) is 1.59. The van der Waals surface area contributed by atoms with Crippen molar-refractivity contribution in [3.63, 3.8) is 0 Å². The van der Waals surface area contributed by atoms with Gasteiger partial charge in [0.2, 0.25) is 10.0 Å². The third kappa shape index (κ3) is 2.84. The van der Waals surface area contributed by atoms with Crippen LogP contribution in [-0.2, 0) is 16.6 Å². The summed E-state index contributed by atoms with van der Waals surface area (Å²) in [5.74, 6) is -0.645. The van der Waals surface area contributed by atoms with E-state index in [4.69, 9.17) is 5.73 Å². The van der Waals surface area contributed by atoms with E-state index in [1.165, 1.54) is 11.3 Å². The molecule has 1 aromatic heterocycles. The van der Waals surface area contributed by atoms with Crippen molar-refractivity contribution in [3.8, 4) is 0 Å². The van der Waals surface area contributed by atoms with Gasteiger partial charge in [-0.05, 0) is 18.2 Å². The first kappa shape index (κ1) is 12.9. The molecule has 96 valence electrons. The van der Waals surface area contributed by atoms with Crippen molar-refractivity contribution in [2.24, 2.45) is 0 Å². The van der Waals surface area contributed by atoms with Crippen LogP contribution in [0.5, 0.6) is 0 Å². The average Bonchev–Trinajstić information content (AvgIpc) is 2.83. The summed E-state index contributed by atoms with van der Waals surface area (Å²) in [5, 5.41) is 2.40. The van der Waals surface area contributed by atoms with Crippen molar-refractivity contribution >= 4 is 27.0 Å². The highest BCUT2D eigenvalue weighted by molar-refractivity contribution is 7.89. The minimum atomic E-state index is -3.71. The summed E-state index contributed by atoms with van der Waals surface area (Å²) < 4.78 is 39.1. The van der Waals surface area contributed by atoms with Crippen LogP contribution >= 0.6 is 11.3 Å². The highest BCUT2D eigenvalue weighted by atomic mass is 32.2. The van der Waals surface area contributed by atoms with Crippen molar-refractivity contribution in [1.82, 2.24) is 9.71 Å². The van der Waals surface area contributed by atoms with Crippen molar-refractivity contribution in [2.75, 3.05) is 5.73 Å². The monoisotopic (exact) mass is 287 g/mol. The van der Waals surface area contributed by atoms with Crippen LogP contribution in [0.1, 0.15) is 5.01 Å². The quantitative estimate of drug-likeness (QED) is 0.831. The largest absolute Gasteiger partial charge is 0.396 e. The Hall–Kier alpha value is -1.51. The van der Waals surface area contributed by atoms with E-state index >= 15 is 0 Å². The maximum Gasteiger partial charge on any atom is 0.241 e. The molecule has 0 spiro atoms. The minimum Gasteiger partial charge on any atom is -0.396 e. The van der Waals surface area contributed by atoms with E-state index in [2.05, 4.69) is 9.71 Å². The number of benzene rings is 1. The third-order valence-corrected chi connectivity index (χ3v) is 4.35. The molecule has 8 heteroatoms. The van der Waals surface area contributed by atoms with Gasteiger partial charge in [-0.1, -0.05) is 0 Å². The lowest BCUT2D eigenvalue weighted by Gasteiger charge is -2.06. The van der Waals surface area contributed by atoms with Crippen LogP contribution in [0, 0.1) is 5.82 Å². The van der Waals surface area contributed by atoms with Gasteiger partial charge < -0.3 is 5.73 Å². The molecule has 0 radical (unpaired) electrons. The van der Waals surface area contributed by atoms with Crippen LogP contribution in [0.4, 0.5) is 10.1 Å². The van der Waals surface area contributed by atoms with Gasteiger partial charge in [-0.2, -0.15) is 0 Å². The molecule has 0 saturated heterocycles. The highest BCUT2D eigenvalue weighted by Gasteiger charge is 2.15. The number of hydrogen-bond donors (Lipinski definition) is 2. The van der Waals surface area contributed by atoms with Gasteiger partial charge in [0.15, 0.2) is 0 Å². The van der Waals surface area contributed by atoms with Crippen LogP contribution in [0.25, 0.3) is 0 Å². The van der Waals surface area contributed by atoms with Crippen LogP contribution in [0.3, 0.4) is 0 Å². The minimum absolute atomic E-state index is 0.0713. The van der Waals surface area contributed by atoms with Gasteiger partial charge in [0.1, 0.15) is 10.8 Å². The summed E-state index contributed by atoms with van der Waals surface area (Å²) >= 11 is 1.34. The van der Waals surface area contributed by atoms with E-state index in [1.54, 1.807) is 11.6 Å². The van der Waals surface area contributed by atoms with Gasteiger partial charge in [0.05, 0.1) is 17.1 Å². The number of halogens is 1. The van der Waals surface area contributed by atoms with Crippen molar-refractivity contribution in [2.45, 2.75) is 11.4 Å². The fraction of sp³-hybridized carbons (Fsp3) is 0.100. The number of hydrogen-bond acceptors (Lipinski definition) is 5. The summed E-state index contributed by atoms with van der Waals surface area (Å²) in [7, 11) is -3.71. The van der Waals surface area contributed by atoms with Crippen molar-refractivity contribution in [3.05, 3.63) is 40.6 Å². The molecule has 0 aliphatic rings. The van der Waals surface area contributed by atoms with Crippen molar-refractivity contribution < 1.29 is 12.8 Å². The van der Waals surface area contributed by atoms with E-state index in [0.717, 1.165) is 18.2 Å². The number of anilines is 1. The second-order valence-electron chi connectivity index (χ2n) is 3.43. The van der Waals surface area contributed by atoms with Crippen LogP contribution in [-0.4, -0.2) is 13.4 Å². The molecule has 1 heterocycles. The zero-order chi connectivity index (χ0) is 13.2. The first-order valence-corrected chi connectivity index (χ1v) is 7.28. The lowest BCUT2D eigenvalue weighted by Crippen LogP contribution is -2.23. The molecule has 0 aliphatic heterocycles. The Morgan fingerprint density at radius 1 is 1.44 bits per heavy atom. The molecule has 0 atom stereocenters. The third-order valence-electron chi connectivity index (χ3n) is 2.17. The molecule has 0 fully saturated rings. The standard InChI is InChI=1S/C10H10FN3O2S2/c11-8-2-1-7(5-9(8)12)18(15,16)14-6-10-13-3-4-17-10/h1-5,14H,6,12H2. The number of thiazole rings is 1. The Morgan fingerprint density at radius 3 is 2.83 bits per heavy atom. The fourth-order valence-corrected chi connectivity index (χ4v) is 2.94. The molecule has 18 heavy (non-hydrogen) atoms. The number of sulfonamides is 1. The molecule has 2 rings (SSSR count). The van der Waals surface area contributed by atoms with Gasteiger partial charge >= 0.3 is 0 Å². The molecular formula is C10H10FN3O2S2. The van der Waals surface area contributed by atoms with E-state index < -0.39 is 15.8 Å². The van der Waals surface area contributed by atoms with E-state index in [9.17, 15) is 12.8 Å². The first-order chi connectivity index (χ1) is 8.49. The molecule has 0 aliphatic carbocycles. The number of nitrogens with zero attached hydrogens (tertiary/aromatic N) is 1. The smallest absolute Gasteiger partial charge is 0.241 e. The summed E-state index contributed by atoms with van der Waals surface area (Å²) in [6, 6.07) is 3.27. The van der Waals surface area contributed by atoms with Gasteiger partial charge in [-0.25, -0.2) is 22.5 Å². The highest BCUT2D eigenvalue weighted by Crippen LogP contribution is 2.17. The van der Waals surface area contributed by atoms with Gasteiger partial charge in [-0.15, -0.1) is 11.3 Å². The fourth-order valence-electron chi connectivity index (χ4n) is 1.27. The maximum atomic E-state index is 12.9. The Morgan fingerprint density at radius 2 is 2.22 bits per heavy atom. The first-order valence-electron chi connectivity index (χ1n) is 4.92. The van der Waals surface area contributed by atoms with E-state index in [-0.39, 0.29) is 17.1 Å². The zero-order valence-electron chi connectivity index (χ0n) is 9.13. The molecule has 5 nitrogen and oxygen atoms in total. The molecule has 0 bridgehead atoms. The number of nitrogens with one attached hydrogen (secondary N) is 1. The van der Waals surface area contributed by atoms with Gasteiger partial charge in [-0.3, -0.25) is 0 Å². The normalized spacial score (nSPS) is 11.6. The Kier molecular flexibility index (Phi) is 3.60.